The molecule has 10 heteroatoms. The number of carbonyl (C=O) groups is 2. The molecular formula is C21H19Cl3N4O2S. The highest BCUT2D eigenvalue weighted by Crippen LogP contribution is 2.40. The number of halogens is 3. The normalized spacial score (nSPS) is 15.5. The molecule has 2 N–H and O–H groups in total. The molecule has 0 spiro atoms. The van der Waals surface area contributed by atoms with Gasteiger partial charge in [0.15, 0.2) is 0 Å². The molecule has 31 heavy (non-hydrogen) atoms. The Kier molecular flexibility index (Phi) is 6.30. The molecule has 1 aliphatic carbocycles. The number of amides is 2. The molecule has 0 saturated carbocycles. The molecular weight excluding hydrogens is 479 g/mol. The predicted molar refractivity (Wildman–Crippen MR) is 126 cm³/mol. The minimum atomic E-state index is -0.425. The van der Waals surface area contributed by atoms with Crippen molar-refractivity contribution >= 4 is 68.6 Å². The van der Waals surface area contributed by atoms with E-state index in [2.05, 4.69) is 22.7 Å². The maximum absolute atomic E-state index is 13.3. The summed E-state index contributed by atoms with van der Waals surface area (Å²) in [5.74, 6) is -0.256. The van der Waals surface area contributed by atoms with E-state index in [4.69, 9.17) is 34.8 Å². The highest BCUT2D eigenvalue weighted by Gasteiger charge is 2.29. The number of aromatic nitrogens is 2. The fourth-order valence-electron chi connectivity index (χ4n) is 3.69. The Balaban J connectivity index is 1.71. The number of nitrogens with zero attached hydrogens (tertiary/aromatic N) is 2. The molecule has 162 valence electrons. The number of fused-ring (bicyclic) bond motifs is 1. The molecule has 2 aromatic heterocycles. The molecule has 1 aliphatic rings. The van der Waals surface area contributed by atoms with Crippen LogP contribution < -0.4 is 10.6 Å². The predicted octanol–water partition coefficient (Wildman–Crippen LogP) is 6.07. The zero-order valence-electron chi connectivity index (χ0n) is 16.8. The van der Waals surface area contributed by atoms with Crippen molar-refractivity contribution in [2.75, 3.05) is 10.6 Å². The molecule has 1 atom stereocenters. The second kappa shape index (κ2) is 8.82. The second-order valence-electron chi connectivity index (χ2n) is 7.55. The molecule has 0 saturated heterocycles. The van der Waals surface area contributed by atoms with E-state index < -0.39 is 5.91 Å². The van der Waals surface area contributed by atoms with Gasteiger partial charge in [-0.25, -0.2) is 0 Å². The van der Waals surface area contributed by atoms with E-state index in [1.165, 1.54) is 22.2 Å². The lowest BCUT2D eigenvalue weighted by Crippen LogP contribution is -2.21. The summed E-state index contributed by atoms with van der Waals surface area (Å²) in [6, 6.07) is 4.87. The van der Waals surface area contributed by atoms with Gasteiger partial charge in [-0.2, -0.15) is 5.10 Å². The van der Waals surface area contributed by atoms with Crippen LogP contribution in [0, 0.1) is 5.92 Å². The average molecular weight is 498 g/mol. The summed E-state index contributed by atoms with van der Waals surface area (Å²) in [6.45, 7) is 2.18. The summed E-state index contributed by atoms with van der Waals surface area (Å²) in [7, 11) is 1.64. The summed E-state index contributed by atoms with van der Waals surface area (Å²) in [5.41, 5.74) is 2.06. The van der Waals surface area contributed by atoms with Crippen molar-refractivity contribution in [3.05, 3.63) is 61.2 Å². The van der Waals surface area contributed by atoms with Crippen LogP contribution in [0.4, 0.5) is 10.7 Å². The highest BCUT2D eigenvalue weighted by atomic mass is 35.5. The van der Waals surface area contributed by atoms with E-state index in [9.17, 15) is 9.59 Å². The topological polar surface area (TPSA) is 76.0 Å². The van der Waals surface area contributed by atoms with Crippen molar-refractivity contribution in [2.45, 2.75) is 26.2 Å². The number of carbonyl (C=O) groups excluding carboxylic acids is 2. The Bertz CT molecular complexity index is 1170. The van der Waals surface area contributed by atoms with Crippen molar-refractivity contribution in [2.24, 2.45) is 13.0 Å². The Morgan fingerprint density at radius 1 is 1.16 bits per heavy atom. The first-order valence-electron chi connectivity index (χ1n) is 9.64. The van der Waals surface area contributed by atoms with Crippen LogP contribution >= 0.6 is 46.1 Å². The number of nitrogens with one attached hydrogen (secondary N) is 2. The molecule has 1 unspecified atom stereocenters. The smallest absolute Gasteiger partial charge is 0.276 e. The number of thiophene rings is 1. The van der Waals surface area contributed by atoms with Crippen molar-refractivity contribution in [1.82, 2.24) is 9.78 Å². The lowest BCUT2D eigenvalue weighted by molar-refractivity contribution is 0.101. The minimum Gasteiger partial charge on any atom is -0.320 e. The Morgan fingerprint density at radius 2 is 1.94 bits per heavy atom. The first kappa shape index (κ1) is 22.1. The standard InChI is InChI=1S/C21H19Cl3N4O2S/c1-10-3-5-12-16(7-10)31-21(27-20(30)18-14(24)9-25-28(18)2)17(12)19(29)26-15-8-11(22)4-6-13(15)23/h4,6,8-10H,3,5,7H2,1-2H3,(H,26,29)(H,27,30). The monoisotopic (exact) mass is 496 g/mol. The molecule has 6 nitrogen and oxygen atoms in total. The van der Waals surface area contributed by atoms with Gasteiger partial charge in [-0.3, -0.25) is 14.3 Å². The quantitative estimate of drug-likeness (QED) is 0.459. The van der Waals surface area contributed by atoms with Crippen LogP contribution in [0.15, 0.2) is 24.4 Å². The molecule has 0 fully saturated rings. The SMILES string of the molecule is CC1CCc2c(sc(NC(=O)c3c(Cl)cnn3C)c2C(=O)Nc2cc(Cl)ccc2Cl)C1. The van der Waals surface area contributed by atoms with Gasteiger partial charge < -0.3 is 10.6 Å². The molecule has 0 aliphatic heterocycles. The van der Waals surface area contributed by atoms with E-state index >= 15 is 0 Å². The Hall–Kier alpha value is -2.06. The van der Waals surface area contributed by atoms with Gasteiger partial charge in [-0.1, -0.05) is 41.7 Å². The van der Waals surface area contributed by atoms with Gasteiger partial charge in [-0.15, -0.1) is 11.3 Å². The fraction of sp³-hybridized carbons (Fsp3) is 0.286. The molecule has 0 bridgehead atoms. The van der Waals surface area contributed by atoms with E-state index in [1.807, 2.05) is 0 Å². The molecule has 2 amide bonds. The van der Waals surface area contributed by atoms with Gasteiger partial charge in [0.2, 0.25) is 0 Å². The van der Waals surface area contributed by atoms with Gasteiger partial charge in [0, 0.05) is 16.9 Å². The summed E-state index contributed by atoms with van der Waals surface area (Å²) in [6.07, 6.45) is 4.01. The molecule has 3 aromatic rings. The van der Waals surface area contributed by atoms with Crippen LogP contribution in [0.3, 0.4) is 0 Å². The average Bonchev–Trinajstić information content (AvgIpc) is 3.23. The van der Waals surface area contributed by atoms with Crippen LogP contribution in [0.5, 0.6) is 0 Å². The maximum Gasteiger partial charge on any atom is 0.276 e. The molecule has 2 heterocycles. The number of hydrogen-bond acceptors (Lipinski definition) is 4. The molecule has 4 rings (SSSR count). The summed E-state index contributed by atoms with van der Waals surface area (Å²) < 4.78 is 1.40. The number of aryl methyl sites for hydroxylation is 1. The van der Waals surface area contributed by atoms with Crippen molar-refractivity contribution in [1.29, 1.82) is 0 Å². The first-order valence-corrected chi connectivity index (χ1v) is 11.6. The maximum atomic E-state index is 13.3. The fourth-order valence-corrected chi connectivity index (χ4v) is 5.68. The Labute approximate surface area is 198 Å². The summed E-state index contributed by atoms with van der Waals surface area (Å²) in [4.78, 5) is 27.3. The summed E-state index contributed by atoms with van der Waals surface area (Å²) in [5, 5.41) is 11.3. The molecule has 1 aromatic carbocycles. The third kappa shape index (κ3) is 4.46. The van der Waals surface area contributed by atoms with E-state index in [0.717, 1.165) is 29.7 Å². The van der Waals surface area contributed by atoms with Crippen LogP contribution in [-0.2, 0) is 19.9 Å². The van der Waals surface area contributed by atoms with Crippen LogP contribution in [0.1, 0.15) is 44.6 Å². The van der Waals surface area contributed by atoms with E-state index in [1.54, 1.807) is 25.2 Å². The molecule has 0 radical (unpaired) electrons. The van der Waals surface area contributed by atoms with Crippen molar-refractivity contribution < 1.29 is 9.59 Å². The van der Waals surface area contributed by atoms with Gasteiger partial charge in [0.05, 0.1) is 27.5 Å². The van der Waals surface area contributed by atoms with Gasteiger partial charge in [0.25, 0.3) is 11.8 Å². The van der Waals surface area contributed by atoms with Crippen LogP contribution in [0.25, 0.3) is 0 Å². The Morgan fingerprint density at radius 3 is 2.65 bits per heavy atom. The van der Waals surface area contributed by atoms with Crippen LogP contribution in [0.2, 0.25) is 15.1 Å². The van der Waals surface area contributed by atoms with Crippen LogP contribution in [-0.4, -0.2) is 21.6 Å². The number of anilines is 2. The lowest BCUT2D eigenvalue weighted by Gasteiger charge is -2.19. The number of rotatable bonds is 4. The second-order valence-corrected chi connectivity index (χ2v) is 9.91. The third-order valence-corrected chi connectivity index (χ3v) is 7.26. The lowest BCUT2D eigenvalue weighted by atomic mass is 9.88. The van der Waals surface area contributed by atoms with E-state index in [-0.39, 0.29) is 16.6 Å². The number of benzene rings is 1. The third-order valence-electron chi connectivity index (χ3n) is 5.25. The van der Waals surface area contributed by atoms with Gasteiger partial charge in [0.1, 0.15) is 10.7 Å². The van der Waals surface area contributed by atoms with E-state index in [0.29, 0.717) is 32.2 Å². The highest BCUT2D eigenvalue weighted by molar-refractivity contribution is 7.17. The summed E-state index contributed by atoms with van der Waals surface area (Å²) >= 11 is 19.8. The minimum absolute atomic E-state index is 0.227. The van der Waals surface area contributed by atoms with Crippen molar-refractivity contribution in [3.63, 3.8) is 0 Å². The zero-order chi connectivity index (χ0) is 22.3. The van der Waals surface area contributed by atoms with Crippen molar-refractivity contribution in [3.8, 4) is 0 Å². The first-order chi connectivity index (χ1) is 14.7. The van der Waals surface area contributed by atoms with Gasteiger partial charge >= 0.3 is 0 Å². The zero-order valence-corrected chi connectivity index (χ0v) is 19.8. The largest absolute Gasteiger partial charge is 0.320 e. The van der Waals surface area contributed by atoms with Gasteiger partial charge in [-0.05, 0) is 48.9 Å². The number of hydrogen-bond donors (Lipinski definition) is 2.